The van der Waals surface area contributed by atoms with Crippen LogP contribution in [0, 0.1) is 0 Å². The molecule has 0 N–H and O–H groups in total. The first-order valence-corrected chi connectivity index (χ1v) is 8.14. The third kappa shape index (κ3) is 9.41. The highest BCUT2D eigenvalue weighted by Gasteiger charge is 2.06. The predicted molar refractivity (Wildman–Crippen MR) is 77.0 cm³/mol. The molecular weight excluding hydrogens is 272 g/mol. The van der Waals surface area contributed by atoms with Gasteiger partial charge in [-0.15, -0.1) is 0 Å². The Balaban J connectivity index is 3.85. The maximum Gasteiger partial charge on any atom is 0.331 e. The molecule has 0 aliphatic rings. The van der Waals surface area contributed by atoms with Crippen molar-refractivity contribution in [2.24, 2.45) is 0 Å². The van der Waals surface area contributed by atoms with Crippen LogP contribution in [-0.2, 0) is 19.1 Å². The van der Waals surface area contributed by atoms with Crippen LogP contribution in [0.4, 0.5) is 0 Å². The van der Waals surface area contributed by atoms with Gasteiger partial charge < -0.3 is 9.47 Å². The first-order chi connectivity index (χ1) is 8.49. The van der Waals surface area contributed by atoms with Gasteiger partial charge in [-0.3, -0.25) is 0 Å². The summed E-state index contributed by atoms with van der Waals surface area (Å²) in [6.45, 7) is 4.59. The topological polar surface area (TPSA) is 52.6 Å². The highest BCUT2D eigenvalue weighted by molar-refractivity contribution is 7.99. The number of carbonyl (C=O) groups excluding carboxylic acids is 2. The molecule has 0 radical (unpaired) electrons. The molecule has 0 bridgehead atoms. The molecule has 0 rings (SSSR count). The lowest BCUT2D eigenvalue weighted by molar-refractivity contribution is -0.140. The third-order valence-corrected chi connectivity index (χ3v) is 3.96. The second kappa shape index (κ2) is 10.3. The fraction of sp³-hybridized carbons (Fsp3) is 0.667. The molecule has 18 heavy (non-hydrogen) atoms. The zero-order valence-electron chi connectivity index (χ0n) is 11.2. The van der Waals surface area contributed by atoms with Gasteiger partial charge in [0.15, 0.2) is 0 Å². The summed E-state index contributed by atoms with van der Waals surface area (Å²) in [4.78, 5) is 22.5. The molecule has 4 nitrogen and oxygen atoms in total. The van der Waals surface area contributed by atoms with Crippen LogP contribution in [0.5, 0.6) is 0 Å². The molecule has 0 aromatic heterocycles. The van der Waals surface area contributed by atoms with E-state index in [0.29, 0.717) is 13.2 Å². The Bertz CT molecular complexity index is 264. The van der Waals surface area contributed by atoms with Gasteiger partial charge in [-0.1, -0.05) is 13.8 Å². The second-order valence-corrected chi connectivity index (χ2v) is 6.24. The minimum atomic E-state index is -0.522. The maximum atomic E-state index is 11.2. The molecule has 0 aromatic carbocycles. The highest BCUT2D eigenvalue weighted by atomic mass is 32.2. The van der Waals surface area contributed by atoms with E-state index in [9.17, 15) is 9.59 Å². The van der Waals surface area contributed by atoms with Crippen LogP contribution in [0.2, 0.25) is 0 Å². The predicted octanol–water partition coefficient (Wildman–Crippen LogP) is 2.13. The zero-order valence-corrected chi connectivity index (χ0v) is 12.8. The van der Waals surface area contributed by atoms with E-state index in [1.54, 1.807) is 23.5 Å². The van der Waals surface area contributed by atoms with Gasteiger partial charge in [0.25, 0.3) is 0 Å². The molecule has 104 valence electrons. The van der Waals surface area contributed by atoms with E-state index in [4.69, 9.17) is 9.47 Å². The molecule has 2 unspecified atom stereocenters. The van der Waals surface area contributed by atoms with Crippen molar-refractivity contribution >= 4 is 35.5 Å². The summed E-state index contributed by atoms with van der Waals surface area (Å²) < 4.78 is 9.87. The Morgan fingerprint density at radius 1 is 0.944 bits per heavy atom. The average molecular weight is 292 g/mol. The van der Waals surface area contributed by atoms with E-state index >= 15 is 0 Å². The Hall–Kier alpha value is -0.620. The fourth-order valence-corrected chi connectivity index (χ4v) is 1.18. The van der Waals surface area contributed by atoms with Gasteiger partial charge in [0.1, 0.15) is 13.2 Å². The largest absolute Gasteiger partial charge is 0.461 e. The van der Waals surface area contributed by atoms with Crippen LogP contribution in [0.25, 0.3) is 0 Å². The van der Waals surface area contributed by atoms with Crippen LogP contribution < -0.4 is 0 Å². The Morgan fingerprint density at radius 3 is 1.56 bits per heavy atom. The number of esters is 2. The molecule has 0 spiro atoms. The third-order valence-electron chi connectivity index (χ3n) is 2.08. The summed E-state index contributed by atoms with van der Waals surface area (Å²) in [7, 11) is 0. The number of thioether (sulfide) groups is 2. The van der Waals surface area contributed by atoms with Gasteiger partial charge >= 0.3 is 11.9 Å². The van der Waals surface area contributed by atoms with Gasteiger partial charge in [-0.25, -0.2) is 9.59 Å². The van der Waals surface area contributed by atoms with Crippen LogP contribution in [0.1, 0.15) is 13.8 Å². The van der Waals surface area contributed by atoms with Gasteiger partial charge in [0.05, 0.1) is 0 Å². The summed E-state index contributed by atoms with van der Waals surface area (Å²) in [5.41, 5.74) is 0. The van der Waals surface area contributed by atoms with Crippen LogP contribution in [0.15, 0.2) is 12.2 Å². The van der Waals surface area contributed by atoms with E-state index in [0.717, 1.165) is 12.2 Å². The summed E-state index contributed by atoms with van der Waals surface area (Å²) >= 11 is 3.22. The van der Waals surface area contributed by atoms with Crippen molar-refractivity contribution in [2.75, 3.05) is 25.7 Å². The minimum Gasteiger partial charge on any atom is -0.461 e. The first-order valence-electron chi connectivity index (χ1n) is 5.56. The number of hydrogen-bond acceptors (Lipinski definition) is 6. The lowest BCUT2D eigenvalue weighted by Gasteiger charge is -2.08. The summed E-state index contributed by atoms with van der Waals surface area (Å²) in [6.07, 6.45) is 6.08. The molecule has 0 aromatic rings. The average Bonchev–Trinajstić information content (AvgIpc) is 2.39. The number of ether oxygens (including phenoxy) is 2. The van der Waals surface area contributed by atoms with Crippen molar-refractivity contribution in [2.45, 2.75) is 24.3 Å². The monoisotopic (exact) mass is 292 g/mol. The Kier molecular flexibility index (Phi) is 9.96. The standard InChI is InChI=1S/C12H20O4S2/c1-9(17-3)7-15-11(13)5-6-12(14)16-8-10(2)18-4/h5-6,9-10H,7-8H2,1-4H3/b6-5-. The first kappa shape index (κ1) is 17.4. The number of hydrogen-bond donors (Lipinski definition) is 0. The van der Waals surface area contributed by atoms with Gasteiger partial charge in [-0.05, 0) is 12.5 Å². The smallest absolute Gasteiger partial charge is 0.331 e. The quantitative estimate of drug-likeness (QED) is 0.504. The molecule has 2 atom stereocenters. The van der Waals surface area contributed by atoms with Crippen molar-refractivity contribution in [3.05, 3.63) is 12.2 Å². The number of rotatable bonds is 8. The van der Waals surface area contributed by atoms with E-state index in [2.05, 4.69) is 0 Å². The van der Waals surface area contributed by atoms with E-state index in [1.807, 2.05) is 26.4 Å². The highest BCUT2D eigenvalue weighted by Crippen LogP contribution is 2.06. The van der Waals surface area contributed by atoms with Crippen molar-refractivity contribution in [1.82, 2.24) is 0 Å². The Morgan fingerprint density at radius 2 is 1.28 bits per heavy atom. The van der Waals surface area contributed by atoms with Gasteiger partial charge in [0, 0.05) is 22.7 Å². The molecule has 0 aliphatic heterocycles. The fourth-order valence-electron chi connectivity index (χ4n) is 0.767. The second-order valence-electron chi connectivity index (χ2n) is 3.69. The van der Waals surface area contributed by atoms with Crippen molar-refractivity contribution < 1.29 is 19.1 Å². The summed E-state index contributed by atoms with van der Waals surface area (Å²) in [6, 6.07) is 0. The number of carbonyl (C=O) groups is 2. The molecular formula is C12H20O4S2. The minimum absolute atomic E-state index is 0.247. The summed E-state index contributed by atoms with van der Waals surface area (Å²) in [5.74, 6) is -1.04. The lowest BCUT2D eigenvalue weighted by atomic mass is 10.4. The molecule has 0 saturated heterocycles. The van der Waals surface area contributed by atoms with Crippen molar-refractivity contribution in [3.63, 3.8) is 0 Å². The lowest BCUT2D eigenvalue weighted by Crippen LogP contribution is -2.13. The Labute approximate surface area is 117 Å². The van der Waals surface area contributed by atoms with Gasteiger partial charge in [-0.2, -0.15) is 23.5 Å². The molecule has 6 heteroatoms. The molecule has 0 heterocycles. The van der Waals surface area contributed by atoms with Crippen LogP contribution in [0.3, 0.4) is 0 Å². The normalized spacial score (nSPS) is 14.2. The molecule has 0 aliphatic carbocycles. The molecule has 0 saturated carbocycles. The van der Waals surface area contributed by atoms with E-state index in [-0.39, 0.29) is 10.5 Å². The zero-order chi connectivity index (χ0) is 14.0. The summed E-state index contributed by atoms with van der Waals surface area (Å²) in [5, 5.41) is 0.494. The van der Waals surface area contributed by atoms with E-state index in [1.165, 1.54) is 0 Å². The van der Waals surface area contributed by atoms with Crippen molar-refractivity contribution in [3.8, 4) is 0 Å². The van der Waals surface area contributed by atoms with E-state index < -0.39 is 11.9 Å². The molecule has 0 fully saturated rings. The van der Waals surface area contributed by atoms with Crippen LogP contribution >= 0.6 is 23.5 Å². The maximum absolute atomic E-state index is 11.2. The molecule has 0 amide bonds. The van der Waals surface area contributed by atoms with Crippen molar-refractivity contribution in [1.29, 1.82) is 0 Å². The van der Waals surface area contributed by atoms with Gasteiger partial charge in [0.2, 0.25) is 0 Å². The van der Waals surface area contributed by atoms with Crippen LogP contribution in [-0.4, -0.2) is 48.2 Å². The SMILES string of the molecule is CSC(C)COC(=O)/C=C\C(=O)OCC(C)SC.